The van der Waals surface area contributed by atoms with Gasteiger partial charge in [0.15, 0.2) is 0 Å². The second-order valence-corrected chi connectivity index (χ2v) is 4.98. The number of unbranched alkanes of at least 4 members (excludes halogenated alkanes) is 3. The summed E-state index contributed by atoms with van der Waals surface area (Å²) < 4.78 is 0. The Balaban J connectivity index is 2.17. The lowest BCUT2D eigenvalue weighted by Crippen LogP contribution is -1.86. The zero-order chi connectivity index (χ0) is 10.8. The van der Waals surface area contributed by atoms with Gasteiger partial charge in [-0.05, 0) is 38.5 Å². The van der Waals surface area contributed by atoms with Gasteiger partial charge in [0.05, 0.1) is 0 Å². The van der Waals surface area contributed by atoms with E-state index < -0.39 is 0 Å². The molecule has 0 aromatic rings. The predicted molar refractivity (Wildman–Crippen MR) is 69.2 cm³/mol. The Labute approximate surface area is 96.2 Å². The van der Waals surface area contributed by atoms with Crippen LogP contribution in [0.2, 0.25) is 0 Å². The van der Waals surface area contributed by atoms with Crippen molar-refractivity contribution in [1.29, 1.82) is 0 Å². The van der Waals surface area contributed by atoms with Crippen LogP contribution < -0.4 is 0 Å². The molecule has 0 N–H and O–H groups in total. The summed E-state index contributed by atoms with van der Waals surface area (Å²) in [6.07, 6.45) is 19.6. The lowest BCUT2D eigenvalue weighted by molar-refractivity contribution is 0.616. The predicted octanol–water partition coefficient (Wildman–Crippen LogP) is 5.63. The quantitative estimate of drug-likeness (QED) is 0.406. The van der Waals surface area contributed by atoms with Gasteiger partial charge in [0.2, 0.25) is 0 Å². The van der Waals surface area contributed by atoms with Crippen LogP contribution in [0.5, 0.6) is 0 Å². The van der Waals surface area contributed by atoms with Crippen molar-refractivity contribution in [2.75, 3.05) is 0 Å². The standard InChI is InChI=1S/C15H28/c1-2-3-4-9-12-15-13-10-7-5-6-8-11-14-15/h13H,2-12,14H2,1H3/b15-13-. The molecule has 0 radical (unpaired) electrons. The largest absolute Gasteiger partial charge is 0.0853 e. The average Bonchev–Trinajstić information content (AvgIpc) is 2.38. The fourth-order valence-electron chi connectivity index (χ4n) is 2.44. The van der Waals surface area contributed by atoms with Gasteiger partial charge >= 0.3 is 0 Å². The van der Waals surface area contributed by atoms with E-state index in [1.807, 2.05) is 0 Å². The summed E-state index contributed by atoms with van der Waals surface area (Å²) in [4.78, 5) is 0. The second-order valence-electron chi connectivity index (χ2n) is 4.98. The lowest BCUT2D eigenvalue weighted by Gasteiger charge is -2.06. The van der Waals surface area contributed by atoms with E-state index in [1.54, 1.807) is 5.57 Å². The van der Waals surface area contributed by atoms with Crippen molar-refractivity contribution in [2.45, 2.75) is 84.0 Å². The van der Waals surface area contributed by atoms with Crippen LogP contribution in [0.15, 0.2) is 11.6 Å². The Morgan fingerprint density at radius 1 is 0.933 bits per heavy atom. The molecule has 0 aromatic heterocycles. The van der Waals surface area contributed by atoms with E-state index in [4.69, 9.17) is 0 Å². The SMILES string of the molecule is CCCCCC/C1=C/CCCCCCC1. The molecule has 0 amide bonds. The van der Waals surface area contributed by atoms with E-state index in [2.05, 4.69) is 13.0 Å². The van der Waals surface area contributed by atoms with Crippen molar-refractivity contribution >= 4 is 0 Å². The van der Waals surface area contributed by atoms with Crippen LogP contribution in [0.4, 0.5) is 0 Å². The van der Waals surface area contributed by atoms with Crippen LogP contribution in [-0.2, 0) is 0 Å². The summed E-state index contributed by atoms with van der Waals surface area (Å²) in [6.45, 7) is 2.29. The van der Waals surface area contributed by atoms with Crippen LogP contribution in [0.1, 0.15) is 84.0 Å². The van der Waals surface area contributed by atoms with Gasteiger partial charge in [-0.15, -0.1) is 0 Å². The van der Waals surface area contributed by atoms with Gasteiger partial charge in [-0.25, -0.2) is 0 Å². The summed E-state index contributed by atoms with van der Waals surface area (Å²) >= 11 is 0. The molecule has 0 aromatic carbocycles. The minimum Gasteiger partial charge on any atom is -0.0853 e. The van der Waals surface area contributed by atoms with E-state index >= 15 is 0 Å². The highest BCUT2D eigenvalue weighted by molar-refractivity contribution is 5.02. The Bertz CT molecular complexity index is 167. The van der Waals surface area contributed by atoms with Gasteiger partial charge < -0.3 is 0 Å². The molecule has 0 unspecified atom stereocenters. The minimum absolute atomic E-state index is 1.35. The fourth-order valence-corrected chi connectivity index (χ4v) is 2.44. The van der Waals surface area contributed by atoms with Crippen molar-refractivity contribution in [3.05, 3.63) is 11.6 Å². The summed E-state index contributed by atoms with van der Waals surface area (Å²) in [7, 11) is 0. The van der Waals surface area contributed by atoms with Crippen molar-refractivity contribution in [3.63, 3.8) is 0 Å². The Morgan fingerprint density at radius 3 is 2.60 bits per heavy atom. The molecular weight excluding hydrogens is 180 g/mol. The highest BCUT2D eigenvalue weighted by Gasteiger charge is 2.01. The highest BCUT2D eigenvalue weighted by Crippen LogP contribution is 2.21. The summed E-state index contributed by atoms with van der Waals surface area (Å²) in [5.74, 6) is 0. The third kappa shape index (κ3) is 6.76. The lowest BCUT2D eigenvalue weighted by atomic mass is 10.0. The van der Waals surface area contributed by atoms with E-state index in [0.29, 0.717) is 0 Å². The first-order valence-electron chi connectivity index (χ1n) is 7.11. The molecule has 0 atom stereocenters. The molecule has 1 aliphatic carbocycles. The van der Waals surface area contributed by atoms with Crippen LogP contribution >= 0.6 is 0 Å². The third-order valence-corrected chi connectivity index (χ3v) is 3.49. The monoisotopic (exact) mass is 208 g/mol. The van der Waals surface area contributed by atoms with E-state index in [-0.39, 0.29) is 0 Å². The summed E-state index contributed by atoms with van der Waals surface area (Å²) in [5.41, 5.74) is 1.77. The normalized spacial score (nSPS) is 22.3. The van der Waals surface area contributed by atoms with Crippen LogP contribution in [0, 0.1) is 0 Å². The number of hydrogen-bond donors (Lipinski definition) is 0. The molecule has 0 saturated carbocycles. The van der Waals surface area contributed by atoms with Crippen LogP contribution in [-0.4, -0.2) is 0 Å². The molecule has 0 nitrogen and oxygen atoms in total. The van der Waals surface area contributed by atoms with E-state index in [1.165, 1.54) is 77.0 Å². The molecule has 0 aliphatic heterocycles. The van der Waals surface area contributed by atoms with Crippen molar-refractivity contribution in [1.82, 2.24) is 0 Å². The molecular formula is C15H28. The molecule has 15 heavy (non-hydrogen) atoms. The Hall–Kier alpha value is -0.260. The van der Waals surface area contributed by atoms with Gasteiger partial charge in [-0.2, -0.15) is 0 Å². The van der Waals surface area contributed by atoms with Gasteiger partial charge in [0.25, 0.3) is 0 Å². The molecule has 0 heterocycles. The minimum atomic E-state index is 1.35. The molecule has 0 spiro atoms. The topological polar surface area (TPSA) is 0 Å². The van der Waals surface area contributed by atoms with Crippen LogP contribution in [0.3, 0.4) is 0 Å². The molecule has 0 heteroatoms. The van der Waals surface area contributed by atoms with E-state index in [9.17, 15) is 0 Å². The molecule has 0 bridgehead atoms. The molecule has 1 rings (SSSR count). The molecule has 88 valence electrons. The Kier molecular flexibility index (Phi) is 7.69. The smallest absolute Gasteiger partial charge is 0.0320 e. The first-order chi connectivity index (χ1) is 7.43. The number of allylic oxidation sites excluding steroid dienone is 2. The molecule has 0 fully saturated rings. The third-order valence-electron chi connectivity index (χ3n) is 3.49. The maximum atomic E-state index is 2.55. The van der Waals surface area contributed by atoms with Gasteiger partial charge in [-0.3, -0.25) is 0 Å². The van der Waals surface area contributed by atoms with Crippen molar-refractivity contribution in [3.8, 4) is 0 Å². The summed E-state index contributed by atoms with van der Waals surface area (Å²) in [5, 5.41) is 0. The molecule has 0 saturated heterocycles. The van der Waals surface area contributed by atoms with Gasteiger partial charge in [-0.1, -0.05) is 57.1 Å². The fraction of sp³-hybridized carbons (Fsp3) is 0.867. The second kappa shape index (κ2) is 9.00. The maximum Gasteiger partial charge on any atom is -0.0320 e. The van der Waals surface area contributed by atoms with Gasteiger partial charge in [0.1, 0.15) is 0 Å². The van der Waals surface area contributed by atoms with Crippen molar-refractivity contribution < 1.29 is 0 Å². The van der Waals surface area contributed by atoms with E-state index in [0.717, 1.165) is 0 Å². The van der Waals surface area contributed by atoms with Gasteiger partial charge in [0, 0.05) is 0 Å². The zero-order valence-electron chi connectivity index (χ0n) is 10.6. The average molecular weight is 208 g/mol. The zero-order valence-corrected chi connectivity index (χ0v) is 10.6. The molecule has 1 aliphatic rings. The maximum absolute atomic E-state index is 2.55. The first kappa shape index (κ1) is 12.8. The number of hydrogen-bond acceptors (Lipinski definition) is 0. The highest BCUT2D eigenvalue weighted by atomic mass is 14.1. The first-order valence-corrected chi connectivity index (χ1v) is 7.11. The summed E-state index contributed by atoms with van der Waals surface area (Å²) in [6, 6.07) is 0. The van der Waals surface area contributed by atoms with Crippen molar-refractivity contribution in [2.24, 2.45) is 0 Å². The Morgan fingerprint density at radius 2 is 1.73 bits per heavy atom. The number of rotatable bonds is 5. The van der Waals surface area contributed by atoms with Crippen LogP contribution in [0.25, 0.3) is 0 Å².